The topological polar surface area (TPSA) is 72.6 Å². The van der Waals surface area contributed by atoms with Crippen molar-refractivity contribution >= 4 is 17.6 Å². The SMILES string of the molecule is COC(=O)C1CCCCN1C(=O)c1cc(N)ccc1F. The standard InChI is InChI=1S/C14H17FN2O3/c1-20-14(19)12-4-2-3-7-17(12)13(18)10-8-9(16)5-6-11(10)15/h5-6,8,12H,2-4,7,16H2,1H3. The predicted molar refractivity (Wildman–Crippen MR) is 71.5 cm³/mol. The molecule has 0 saturated carbocycles. The van der Waals surface area contributed by atoms with Gasteiger partial charge in [0.25, 0.3) is 5.91 Å². The minimum atomic E-state index is -0.651. The Hall–Kier alpha value is -2.11. The smallest absolute Gasteiger partial charge is 0.328 e. The summed E-state index contributed by atoms with van der Waals surface area (Å²) in [6, 6.07) is 3.18. The first-order valence-corrected chi connectivity index (χ1v) is 6.48. The fourth-order valence-electron chi connectivity index (χ4n) is 2.42. The maximum Gasteiger partial charge on any atom is 0.328 e. The van der Waals surface area contributed by atoms with Gasteiger partial charge in [-0.25, -0.2) is 9.18 Å². The second-order valence-corrected chi connectivity index (χ2v) is 4.77. The van der Waals surface area contributed by atoms with Gasteiger partial charge in [-0.1, -0.05) is 0 Å². The minimum Gasteiger partial charge on any atom is -0.467 e. The molecule has 1 aliphatic rings. The number of amides is 1. The molecule has 1 unspecified atom stereocenters. The lowest BCUT2D eigenvalue weighted by Gasteiger charge is -2.33. The molecular weight excluding hydrogens is 263 g/mol. The summed E-state index contributed by atoms with van der Waals surface area (Å²) < 4.78 is 18.5. The molecule has 0 aromatic heterocycles. The van der Waals surface area contributed by atoms with E-state index in [0.717, 1.165) is 18.9 Å². The summed E-state index contributed by atoms with van der Waals surface area (Å²) in [6.45, 7) is 0.410. The van der Waals surface area contributed by atoms with Crippen LogP contribution in [0, 0.1) is 5.82 Å². The van der Waals surface area contributed by atoms with Crippen LogP contribution >= 0.6 is 0 Å². The molecule has 1 fully saturated rings. The van der Waals surface area contributed by atoms with E-state index in [2.05, 4.69) is 0 Å². The highest BCUT2D eigenvalue weighted by molar-refractivity contribution is 5.97. The number of carbonyl (C=O) groups excluding carboxylic acids is 2. The third kappa shape index (κ3) is 2.74. The molecule has 1 aromatic rings. The molecule has 0 aliphatic carbocycles. The number of anilines is 1. The number of piperidine rings is 1. The van der Waals surface area contributed by atoms with Gasteiger partial charge in [0, 0.05) is 12.2 Å². The number of hydrogen-bond donors (Lipinski definition) is 1. The highest BCUT2D eigenvalue weighted by Gasteiger charge is 2.34. The van der Waals surface area contributed by atoms with Crippen molar-refractivity contribution in [3.8, 4) is 0 Å². The van der Waals surface area contributed by atoms with Crippen molar-refractivity contribution in [1.29, 1.82) is 0 Å². The van der Waals surface area contributed by atoms with Gasteiger partial charge in [0.2, 0.25) is 0 Å². The van der Waals surface area contributed by atoms with Crippen LogP contribution in [0.25, 0.3) is 0 Å². The number of methoxy groups -OCH3 is 1. The van der Waals surface area contributed by atoms with Crippen molar-refractivity contribution in [3.63, 3.8) is 0 Å². The Kier molecular flexibility index (Phi) is 4.22. The maximum atomic E-state index is 13.8. The van der Waals surface area contributed by atoms with E-state index in [9.17, 15) is 14.0 Å². The van der Waals surface area contributed by atoms with Crippen molar-refractivity contribution in [2.24, 2.45) is 0 Å². The van der Waals surface area contributed by atoms with E-state index in [4.69, 9.17) is 10.5 Å². The molecule has 1 heterocycles. The first kappa shape index (κ1) is 14.3. The molecule has 1 aromatic carbocycles. The van der Waals surface area contributed by atoms with Crippen LogP contribution < -0.4 is 5.73 Å². The molecule has 2 N–H and O–H groups in total. The third-order valence-electron chi connectivity index (χ3n) is 3.46. The van der Waals surface area contributed by atoms with Crippen molar-refractivity contribution in [1.82, 2.24) is 4.90 Å². The van der Waals surface area contributed by atoms with Gasteiger partial charge in [-0.2, -0.15) is 0 Å². The average molecular weight is 280 g/mol. The van der Waals surface area contributed by atoms with Gasteiger partial charge in [-0.3, -0.25) is 4.79 Å². The lowest BCUT2D eigenvalue weighted by molar-refractivity contribution is -0.147. The lowest BCUT2D eigenvalue weighted by Crippen LogP contribution is -2.48. The fourth-order valence-corrected chi connectivity index (χ4v) is 2.42. The number of halogens is 1. The molecule has 0 spiro atoms. The van der Waals surface area contributed by atoms with Crippen LogP contribution in [0.4, 0.5) is 10.1 Å². The van der Waals surface area contributed by atoms with Crippen LogP contribution in [-0.2, 0) is 9.53 Å². The second-order valence-electron chi connectivity index (χ2n) is 4.77. The number of nitrogens with zero attached hydrogens (tertiary/aromatic N) is 1. The summed E-state index contributed by atoms with van der Waals surface area (Å²) >= 11 is 0. The molecule has 0 radical (unpaired) electrons. The van der Waals surface area contributed by atoms with Gasteiger partial charge in [-0.15, -0.1) is 0 Å². The van der Waals surface area contributed by atoms with Crippen molar-refractivity contribution in [3.05, 3.63) is 29.6 Å². The first-order chi connectivity index (χ1) is 9.54. The van der Waals surface area contributed by atoms with E-state index >= 15 is 0 Å². The van der Waals surface area contributed by atoms with Crippen molar-refractivity contribution in [2.45, 2.75) is 25.3 Å². The van der Waals surface area contributed by atoms with Gasteiger partial charge >= 0.3 is 5.97 Å². The highest BCUT2D eigenvalue weighted by atomic mass is 19.1. The average Bonchev–Trinajstić information content (AvgIpc) is 2.48. The summed E-state index contributed by atoms with van der Waals surface area (Å²) in [7, 11) is 1.28. The van der Waals surface area contributed by atoms with E-state index in [1.54, 1.807) is 0 Å². The molecule has 0 bridgehead atoms. The number of nitrogens with two attached hydrogens (primary N) is 1. The van der Waals surface area contributed by atoms with Crippen LogP contribution in [0.3, 0.4) is 0 Å². The maximum absolute atomic E-state index is 13.8. The molecular formula is C14H17FN2O3. The highest BCUT2D eigenvalue weighted by Crippen LogP contribution is 2.22. The van der Waals surface area contributed by atoms with Crippen LogP contribution in [-0.4, -0.2) is 36.5 Å². The number of benzene rings is 1. The second kappa shape index (κ2) is 5.90. The molecule has 1 saturated heterocycles. The van der Waals surface area contributed by atoms with E-state index in [-0.39, 0.29) is 5.56 Å². The molecule has 6 heteroatoms. The van der Waals surface area contributed by atoms with E-state index in [1.807, 2.05) is 0 Å². The number of hydrogen-bond acceptors (Lipinski definition) is 4. The summed E-state index contributed by atoms with van der Waals surface area (Å²) in [6.07, 6.45) is 2.15. The summed E-state index contributed by atoms with van der Waals surface area (Å²) in [5.41, 5.74) is 5.78. The Labute approximate surface area is 116 Å². The number of nitrogen functional groups attached to an aromatic ring is 1. The Bertz CT molecular complexity index is 533. The normalized spacial score (nSPS) is 18.7. The minimum absolute atomic E-state index is 0.110. The molecule has 2 rings (SSSR count). The van der Waals surface area contributed by atoms with Crippen LogP contribution in [0.2, 0.25) is 0 Å². The van der Waals surface area contributed by atoms with Crippen LogP contribution in [0.5, 0.6) is 0 Å². The Morgan fingerprint density at radius 2 is 2.15 bits per heavy atom. The number of rotatable bonds is 2. The van der Waals surface area contributed by atoms with Crippen molar-refractivity contribution < 1.29 is 18.7 Å². The predicted octanol–water partition coefficient (Wildman–Crippen LogP) is 1.58. The summed E-state index contributed by atoms with van der Waals surface area (Å²) in [5.74, 6) is -1.63. The number of carbonyl (C=O) groups is 2. The van der Waals surface area contributed by atoms with Gasteiger partial charge in [-0.05, 0) is 37.5 Å². The molecule has 108 valence electrons. The molecule has 1 amide bonds. The van der Waals surface area contributed by atoms with Crippen molar-refractivity contribution in [2.75, 3.05) is 19.4 Å². The number of esters is 1. The lowest BCUT2D eigenvalue weighted by atomic mass is 10.0. The molecule has 1 aliphatic heterocycles. The Morgan fingerprint density at radius 3 is 2.85 bits per heavy atom. The van der Waals surface area contributed by atoms with E-state index < -0.39 is 23.7 Å². The molecule has 1 atom stereocenters. The Morgan fingerprint density at radius 1 is 1.40 bits per heavy atom. The van der Waals surface area contributed by atoms with Gasteiger partial charge in [0.15, 0.2) is 0 Å². The van der Waals surface area contributed by atoms with Gasteiger partial charge in [0.1, 0.15) is 11.9 Å². The zero-order chi connectivity index (χ0) is 14.7. The zero-order valence-corrected chi connectivity index (χ0v) is 11.3. The van der Waals surface area contributed by atoms with E-state index in [1.165, 1.54) is 24.1 Å². The quantitative estimate of drug-likeness (QED) is 0.659. The zero-order valence-electron chi connectivity index (χ0n) is 11.3. The van der Waals surface area contributed by atoms with Gasteiger partial charge < -0.3 is 15.4 Å². The summed E-state index contributed by atoms with van der Waals surface area (Å²) in [4.78, 5) is 25.5. The van der Waals surface area contributed by atoms with Crippen LogP contribution in [0.15, 0.2) is 18.2 Å². The Balaban J connectivity index is 2.30. The first-order valence-electron chi connectivity index (χ1n) is 6.48. The molecule has 20 heavy (non-hydrogen) atoms. The number of likely N-dealkylation sites (tertiary alicyclic amines) is 1. The summed E-state index contributed by atoms with van der Waals surface area (Å²) in [5, 5.41) is 0. The van der Waals surface area contributed by atoms with Crippen LogP contribution in [0.1, 0.15) is 29.6 Å². The third-order valence-corrected chi connectivity index (χ3v) is 3.46. The fraction of sp³-hybridized carbons (Fsp3) is 0.429. The van der Waals surface area contributed by atoms with E-state index in [0.29, 0.717) is 18.7 Å². The monoisotopic (exact) mass is 280 g/mol. The van der Waals surface area contributed by atoms with Gasteiger partial charge in [0.05, 0.1) is 12.7 Å². The largest absolute Gasteiger partial charge is 0.467 e. The molecule has 5 nitrogen and oxygen atoms in total. The number of ether oxygens (including phenoxy) is 1.